The zero-order valence-electron chi connectivity index (χ0n) is 13.0. The number of benzene rings is 1. The van der Waals surface area contributed by atoms with E-state index in [1.807, 2.05) is 29.2 Å². The Balaban J connectivity index is 0.00000192. The van der Waals surface area contributed by atoms with Gasteiger partial charge in [-0.15, -0.1) is 12.4 Å². The Morgan fingerprint density at radius 1 is 1.39 bits per heavy atom. The third-order valence-corrected chi connectivity index (χ3v) is 3.88. The molecule has 0 radical (unpaired) electrons. The molecule has 124 valence electrons. The number of nitrogens with zero attached hydrogens (tertiary/aromatic N) is 1. The van der Waals surface area contributed by atoms with Gasteiger partial charge in [-0.25, -0.2) is 0 Å². The summed E-state index contributed by atoms with van der Waals surface area (Å²) in [5.41, 5.74) is 7.10. The van der Waals surface area contributed by atoms with Crippen molar-refractivity contribution in [2.75, 3.05) is 7.11 Å². The van der Waals surface area contributed by atoms with Gasteiger partial charge in [0, 0.05) is 18.2 Å². The van der Waals surface area contributed by atoms with Crippen molar-refractivity contribution in [2.45, 2.75) is 32.0 Å². The number of amides is 1. The fourth-order valence-corrected chi connectivity index (χ4v) is 2.54. The normalized spacial score (nSPS) is 13.3. The number of ether oxygens (including phenoxy) is 1. The molecule has 0 spiro atoms. The van der Waals surface area contributed by atoms with Crippen LogP contribution in [0.5, 0.6) is 5.75 Å². The van der Waals surface area contributed by atoms with Crippen LogP contribution < -0.4 is 10.5 Å². The molecule has 1 fully saturated rings. The molecule has 0 saturated heterocycles. The Morgan fingerprint density at radius 3 is 2.74 bits per heavy atom. The lowest BCUT2D eigenvalue weighted by Crippen LogP contribution is -2.32. The third-order valence-electron chi connectivity index (χ3n) is 3.88. The molecule has 5 nitrogen and oxygen atoms in total. The lowest BCUT2D eigenvalue weighted by Gasteiger charge is -2.23. The minimum atomic E-state index is -0.0168. The summed E-state index contributed by atoms with van der Waals surface area (Å²) >= 11 is 0. The van der Waals surface area contributed by atoms with Crippen LogP contribution in [0.1, 0.15) is 34.5 Å². The van der Waals surface area contributed by atoms with Crippen LogP contribution in [0, 0.1) is 0 Å². The summed E-state index contributed by atoms with van der Waals surface area (Å²) in [5.74, 6) is 1.41. The molecule has 1 aliphatic carbocycles. The Kier molecular flexibility index (Phi) is 5.69. The maximum Gasteiger partial charge on any atom is 0.257 e. The maximum absolute atomic E-state index is 12.7. The van der Waals surface area contributed by atoms with Crippen LogP contribution in [0.15, 0.2) is 41.0 Å². The van der Waals surface area contributed by atoms with Gasteiger partial charge < -0.3 is 19.8 Å². The Hall–Kier alpha value is -1.98. The monoisotopic (exact) mass is 336 g/mol. The van der Waals surface area contributed by atoms with Gasteiger partial charge in [0.25, 0.3) is 5.91 Å². The molecule has 2 aromatic rings. The molecule has 1 aromatic carbocycles. The Bertz CT molecular complexity index is 667. The van der Waals surface area contributed by atoms with Gasteiger partial charge in [0.1, 0.15) is 17.8 Å². The van der Waals surface area contributed by atoms with Gasteiger partial charge in [-0.2, -0.15) is 0 Å². The largest absolute Gasteiger partial charge is 0.496 e. The highest BCUT2D eigenvalue weighted by Crippen LogP contribution is 2.31. The molecule has 1 heterocycles. The number of nitrogens with two attached hydrogens (primary N) is 1. The van der Waals surface area contributed by atoms with Crippen LogP contribution in [0.25, 0.3) is 0 Å². The van der Waals surface area contributed by atoms with Crippen LogP contribution in [0.4, 0.5) is 0 Å². The second kappa shape index (κ2) is 7.53. The number of carbonyl (C=O) groups is 1. The molecule has 6 heteroatoms. The summed E-state index contributed by atoms with van der Waals surface area (Å²) in [4.78, 5) is 14.6. The first-order valence-corrected chi connectivity index (χ1v) is 7.43. The minimum absolute atomic E-state index is 0. The average Bonchev–Trinajstić information content (AvgIpc) is 3.28. The van der Waals surface area contributed by atoms with Crippen molar-refractivity contribution < 1.29 is 13.9 Å². The summed E-state index contributed by atoms with van der Waals surface area (Å²) < 4.78 is 10.7. The molecule has 0 atom stereocenters. The smallest absolute Gasteiger partial charge is 0.257 e. The van der Waals surface area contributed by atoms with E-state index in [-0.39, 0.29) is 18.3 Å². The molecule has 1 aliphatic rings. The number of furan rings is 1. The highest BCUT2D eigenvalue weighted by molar-refractivity contribution is 5.94. The summed E-state index contributed by atoms with van der Waals surface area (Å²) in [7, 11) is 1.64. The van der Waals surface area contributed by atoms with E-state index in [9.17, 15) is 4.79 Å². The fraction of sp³-hybridized carbons (Fsp3) is 0.353. The SMILES string of the molecule is COc1ccccc1CN(C(=O)c1coc(CN)c1)C1CC1.Cl. The van der Waals surface area contributed by atoms with E-state index < -0.39 is 0 Å². The molecule has 1 amide bonds. The van der Waals surface area contributed by atoms with E-state index in [1.165, 1.54) is 6.26 Å². The van der Waals surface area contributed by atoms with Crippen molar-refractivity contribution in [2.24, 2.45) is 5.73 Å². The summed E-state index contributed by atoms with van der Waals surface area (Å²) in [5, 5.41) is 0. The average molecular weight is 337 g/mol. The van der Waals surface area contributed by atoms with E-state index in [0.29, 0.717) is 30.5 Å². The lowest BCUT2D eigenvalue weighted by atomic mass is 10.1. The van der Waals surface area contributed by atoms with Gasteiger partial charge >= 0.3 is 0 Å². The van der Waals surface area contributed by atoms with Crippen LogP contribution >= 0.6 is 12.4 Å². The van der Waals surface area contributed by atoms with Gasteiger partial charge in [-0.3, -0.25) is 4.79 Å². The predicted molar refractivity (Wildman–Crippen MR) is 89.7 cm³/mol. The zero-order chi connectivity index (χ0) is 15.5. The van der Waals surface area contributed by atoms with E-state index in [0.717, 1.165) is 24.2 Å². The van der Waals surface area contributed by atoms with E-state index >= 15 is 0 Å². The molecular formula is C17H21ClN2O3. The number of carbonyl (C=O) groups excluding carboxylic acids is 1. The maximum atomic E-state index is 12.7. The van der Waals surface area contributed by atoms with Crippen LogP contribution in [0.3, 0.4) is 0 Å². The fourth-order valence-electron chi connectivity index (χ4n) is 2.54. The van der Waals surface area contributed by atoms with Gasteiger partial charge in [0.15, 0.2) is 0 Å². The minimum Gasteiger partial charge on any atom is -0.496 e. The van der Waals surface area contributed by atoms with Crippen LogP contribution in [0.2, 0.25) is 0 Å². The van der Waals surface area contributed by atoms with Crippen molar-refractivity contribution in [1.29, 1.82) is 0 Å². The molecule has 0 unspecified atom stereocenters. The van der Waals surface area contributed by atoms with Gasteiger partial charge in [-0.1, -0.05) is 18.2 Å². The molecule has 1 aromatic heterocycles. The third kappa shape index (κ3) is 3.86. The number of rotatable bonds is 6. The number of hydrogen-bond donors (Lipinski definition) is 1. The van der Waals surface area contributed by atoms with Gasteiger partial charge in [0.05, 0.1) is 19.2 Å². The number of halogens is 1. The van der Waals surface area contributed by atoms with Crippen LogP contribution in [-0.4, -0.2) is 24.0 Å². The topological polar surface area (TPSA) is 68.7 Å². The van der Waals surface area contributed by atoms with E-state index in [2.05, 4.69) is 0 Å². The van der Waals surface area contributed by atoms with Crippen molar-refractivity contribution >= 4 is 18.3 Å². The van der Waals surface area contributed by atoms with Crippen molar-refractivity contribution in [3.63, 3.8) is 0 Å². The highest BCUT2D eigenvalue weighted by Gasteiger charge is 2.34. The molecule has 2 N–H and O–H groups in total. The zero-order valence-corrected chi connectivity index (χ0v) is 13.8. The quantitative estimate of drug-likeness (QED) is 0.880. The first kappa shape index (κ1) is 17.4. The summed E-state index contributed by atoms with van der Waals surface area (Å²) in [6.45, 7) is 0.833. The molecule has 1 saturated carbocycles. The summed E-state index contributed by atoms with van der Waals surface area (Å²) in [6, 6.07) is 9.80. The first-order chi connectivity index (χ1) is 10.7. The van der Waals surface area contributed by atoms with Gasteiger partial charge in [-0.05, 0) is 25.0 Å². The lowest BCUT2D eigenvalue weighted by molar-refractivity contribution is 0.0728. The first-order valence-electron chi connectivity index (χ1n) is 7.43. The second-order valence-corrected chi connectivity index (χ2v) is 5.48. The number of hydrogen-bond acceptors (Lipinski definition) is 4. The highest BCUT2D eigenvalue weighted by atomic mass is 35.5. The second-order valence-electron chi connectivity index (χ2n) is 5.48. The van der Waals surface area contributed by atoms with Crippen molar-refractivity contribution in [3.05, 3.63) is 53.5 Å². The van der Waals surface area contributed by atoms with Crippen molar-refractivity contribution in [3.8, 4) is 5.75 Å². The van der Waals surface area contributed by atoms with Crippen LogP contribution in [-0.2, 0) is 13.1 Å². The molecule has 0 aliphatic heterocycles. The van der Waals surface area contributed by atoms with Crippen molar-refractivity contribution in [1.82, 2.24) is 4.90 Å². The molecule has 23 heavy (non-hydrogen) atoms. The Morgan fingerprint density at radius 2 is 2.13 bits per heavy atom. The van der Waals surface area contributed by atoms with E-state index in [1.54, 1.807) is 13.2 Å². The number of para-hydroxylation sites is 1. The Labute approximate surface area is 141 Å². The standard InChI is InChI=1S/C17H20N2O3.ClH/c1-21-16-5-3-2-4-12(16)10-19(14-6-7-14)17(20)13-8-15(9-18)22-11-13;/h2-5,8,11,14H,6-7,9-10,18H2,1H3;1H. The molecule has 0 bridgehead atoms. The van der Waals surface area contributed by atoms with Gasteiger partial charge in [0.2, 0.25) is 0 Å². The predicted octanol–water partition coefficient (Wildman–Crippen LogP) is 2.97. The molecule has 3 rings (SSSR count). The van der Waals surface area contributed by atoms with E-state index in [4.69, 9.17) is 14.9 Å². The number of methoxy groups -OCH3 is 1. The summed E-state index contributed by atoms with van der Waals surface area (Å²) in [6.07, 6.45) is 3.58. The molecular weight excluding hydrogens is 316 g/mol.